The standard InChI is InChI=1S/C21H28N2O3.2ClH/c1-25-21-10-6-5-9-20(21)23-13-11-22(12-14-23)15-19(24)17-26-16-18-7-3-2-4-8-18;;/h2-10,19,24H,11-17H2,1H3;2*1H. The van der Waals surface area contributed by atoms with Gasteiger partial charge in [-0.2, -0.15) is 0 Å². The molecule has 5 nitrogen and oxygen atoms in total. The summed E-state index contributed by atoms with van der Waals surface area (Å²) in [7, 11) is 1.71. The zero-order valence-electron chi connectivity index (χ0n) is 16.2. The third-order valence-electron chi connectivity index (χ3n) is 4.69. The van der Waals surface area contributed by atoms with Crippen molar-refractivity contribution in [1.29, 1.82) is 0 Å². The largest absolute Gasteiger partial charge is 0.495 e. The molecule has 0 aliphatic carbocycles. The van der Waals surface area contributed by atoms with Crippen LogP contribution in [0, 0.1) is 0 Å². The van der Waals surface area contributed by atoms with E-state index in [-0.39, 0.29) is 24.8 Å². The first-order chi connectivity index (χ1) is 12.8. The fourth-order valence-electron chi connectivity index (χ4n) is 3.30. The Hall–Kier alpha value is -1.50. The average molecular weight is 429 g/mol. The summed E-state index contributed by atoms with van der Waals surface area (Å²) >= 11 is 0. The molecule has 1 atom stereocenters. The quantitative estimate of drug-likeness (QED) is 0.698. The predicted octanol–water partition coefficient (Wildman–Crippen LogP) is 3.24. The Balaban J connectivity index is 0.00000196. The normalized spacial score (nSPS) is 15.3. The lowest BCUT2D eigenvalue weighted by molar-refractivity contribution is 0.00913. The number of anilines is 1. The fourth-order valence-corrected chi connectivity index (χ4v) is 3.30. The second-order valence-electron chi connectivity index (χ2n) is 6.61. The number of benzene rings is 2. The minimum atomic E-state index is -0.462. The van der Waals surface area contributed by atoms with Crippen LogP contribution in [0.15, 0.2) is 54.6 Å². The Morgan fingerprint density at radius 3 is 2.25 bits per heavy atom. The molecule has 1 heterocycles. The number of aliphatic hydroxyl groups is 1. The van der Waals surface area contributed by atoms with Gasteiger partial charge in [0, 0.05) is 32.7 Å². The van der Waals surface area contributed by atoms with Crippen LogP contribution >= 0.6 is 24.8 Å². The van der Waals surface area contributed by atoms with Crippen molar-refractivity contribution in [3.05, 3.63) is 60.2 Å². The molecular formula is C21H30Cl2N2O3. The van der Waals surface area contributed by atoms with E-state index >= 15 is 0 Å². The summed E-state index contributed by atoms with van der Waals surface area (Å²) in [4.78, 5) is 4.63. The molecule has 0 amide bonds. The molecule has 0 aromatic heterocycles. The van der Waals surface area contributed by atoms with Crippen molar-refractivity contribution in [3.8, 4) is 5.75 Å². The van der Waals surface area contributed by atoms with Crippen molar-refractivity contribution in [1.82, 2.24) is 4.90 Å². The van der Waals surface area contributed by atoms with Gasteiger partial charge in [-0.1, -0.05) is 42.5 Å². The summed E-state index contributed by atoms with van der Waals surface area (Å²) in [6.45, 7) is 5.26. The van der Waals surface area contributed by atoms with E-state index in [2.05, 4.69) is 15.9 Å². The van der Waals surface area contributed by atoms with Crippen molar-refractivity contribution < 1.29 is 14.6 Å². The van der Waals surface area contributed by atoms with Gasteiger partial charge < -0.3 is 19.5 Å². The van der Waals surface area contributed by atoms with Crippen LogP contribution in [0.25, 0.3) is 0 Å². The van der Waals surface area contributed by atoms with E-state index in [1.165, 1.54) is 0 Å². The maximum Gasteiger partial charge on any atom is 0.142 e. The highest BCUT2D eigenvalue weighted by molar-refractivity contribution is 5.85. The Morgan fingerprint density at radius 2 is 1.57 bits per heavy atom. The number of hydrogen-bond donors (Lipinski definition) is 1. The van der Waals surface area contributed by atoms with Crippen molar-refractivity contribution in [3.63, 3.8) is 0 Å². The molecular weight excluding hydrogens is 399 g/mol. The van der Waals surface area contributed by atoms with Gasteiger partial charge in [0.25, 0.3) is 0 Å². The van der Waals surface area contributed by atoms with Gasteiger partial charge >= 0.3 is 0 Å². The second kappa shape index (κ2) is 12.9. The number of hydrogen-bond acceptors (Lipinski definition) is 5. The molecule has 0 saturated carbocycles. The Morgan fingerprint density at radius 1 is 0.929 bits per heavy atom. The first-order valence-corrected chi connectivity index (χ1v) is 9.16. The molecule has 0 radical (unpaired) electrons. The number of β-amino-alcohol motifs (C(OH)–C–C–N with tert-alkyl or cyclic N) is 1. The van der Waals surface area contributed by atoms with E-state index in [1.54, 1.807) is 7.11 Å². The Bertz CT molecular complexity index is 668. The average Bonchev–Trinajstić information content (AvgIpc) is 2.69. The smallest absolute Gasteiger partial charge is 0.142 e. The Labute approximate surface area is 180 Å². The van der Waals surface area contributed by atoms with Gasteiger partial charge in [0.15, 0.2) is 0 Å². The van der Waals surface area contributed by atoms with Gasteiger partial charge in [-0.25, -0.2) is 0 Å². The molecule has 7 heteroatoms. The van der Waals surface area contributed by atoms with Gasteiger partial charge in [0.2, 0.25) is 0 Å². The Kier molecular flexibility index (Phi) is 11.3. The van der Waals surface area contributed by atoms with Crippen molar-refractivity contribution in [2.75, 3.05) is 51.3 Å². The summed E-state index contributed by atoms with van der Waals surface area (Å²) in [6.07, 6.45) is -0.462. The van der Waals surface area contributed by atoms with Crippen molar-refractivity contribution in [2.45, 2.75) is 12.7 Å². The lowest BCUT2D eigenvalue weighted by Crippen LogP contribution is -2.49. The topological polar surface area (TPSA) is 45.2 Å². The van der Waals surface area contributed by atoms with E-state index in [9.17, 15) is 5.11 Å². The van der Waals surface area contributed by atoms with Crippen LogP contribution in [0.2, 0.25) is 0 Å². The molecule has 0 bridgehead atoms. The first kappa shape index (κ1) is 24.5. The number of nitrogens with zero attached hydrogens (tertiary/aromatic N) is 2. The molecule has 2 aromatic carbocycles. The minimum absolute atomic E-state index is 0. The number of ether oxygens (including phenoxy) is 2. The minimum Gasteiger partial charge on any atom is -0.495 e. The zero-order valence-corrected chi connectivity index (χ0v) is 17.8. The van der Waals surface area contributed by atoms with Gasteiger partial charge in [-0.15, -0.1) is 24.8 Å². The number of aliphatic hydroxyl groups excluding tert-OH is 1. The van der Waals surface area contributed by atoms with Crippen LogP contribution in [0.4, 0.5) is 5.69 Å². The maximum atomic E-state index is 10.2. The third-order valence-corrected chi connectivity index (χ3v) is 4.69. The molecule has 0 spiro atoms. The number of para-hydroxylation sites is 2. The van der Waals surface area contributed by atoms with Crippen LogP contribution in [0.5, 0.6) is 5.75 Å². The van der Waals surface area contributed by atoms with Gasteiger partial charge in [0.05, 0.1) is 32.1 Å². The number of methoxy groups -OCH3 is 1. The highest BCUT2D eigenvalue weighted by Crippen LogP contribution is 2.28. The van der Waals surface area contributed by atoms with E-state index in [4.69, 9.17) is 9.47 Å². The van der Waals surface area contributed by atoms with Crippen LogP contribution in [-0.4, -0.2) is 62.6 Å². The zero-order chi connectivity index (χ0) is 18.2. The third kappa shape index (κ3) is 7.15. The summed E-state index contributed by atoms with van der Waals surface area (Å²) in [5.74, 6) is 0.912. The fraction of sp³-hybridized carbons (Fsp3) is 0.429. The van der Waals surface area contributed by atoms with E-state index in [0.29, 0.717) is 19.8 Å². The van der Waals surface area contributed by atoms with Crippen LogP contribution < -0.4 is 9.64 Å². The van der Waals surface area contributed by atoms with Gasteiger partial charge in [-0.05, 0) is 17.7 Å². The highest BCUT2D eigenvalue weighted by Gasteiger charge is 2.21. The molecule has 1 aliphatic heterocycles. The van der Waals surface area contributed by atoms with E-state index < -0.39 is 6.10 Å². The molecule has 3 rings (SSSR count). The molecule has 28 heavy (non-hydrogen) atoms. The van der Waals surface area contributed by atoms with Gasteiger partial charge in [0.1, 0.15) is 5.75 Å². The van der Waals surface area contributed by atoms with Crippen molar-refractivity contribution >= 4 is 30.5 Å². The lowest BCUT2D eigenvalue weighted by Gasteiger charge is -2.37. The number of rotatable bonds is 8. The first-order valence-electron chi connectivity index (χ1n) is 9.16. The summed E-state index contributed by atoms with van der Waals surface area (Å²) in [5.41, 5.74) is 2.27. The van der Waals surface area contributed by atoms with E-state index in [0.717, 1.165) is 43.2 Å². The number of piperazine rings is 1. The molecule has 1 unspecified atom stereocenters. The molecule has 1 fully saturated rings. The molecule has 156 valence electrons. The SMILES string of the molecule is COc1ccccc1N1CCN(CC(O)COCc2ccccc2)CC1.Cl.Cl. The lowest BCUT2D eigenvalue weighted by atomic mass is 10.2. The summed E-state index contributed by atoms with van der Waals surface area (Å²) < 4.78 is 11.1. The predicted molar refractivity (Wildman–Crippen MR) is 118 cm³/mol. The molecule has 1 aliphatic rings. The number of halogens is 2. The van der Waals surface area contributed by atoms with Gasteiger partial charge in [-0.3, -0.25) is 4.90 Å². The van der Waals surface area contributed by atoms with Crippen LogP contribution in [0.3, 0.4) is 0 Å². The summed E-state index contributed by atoms with van der Waals surface area (Å²) in [6, 6.07) is 18.2. The summed E-state index contributed by atoms with van der Waals surface area (Å²) in [5, 5.41) is 10.2. The van der Waals surface area contributed by atoms with Crippen LogP contribution in [-0.2, 0) is 11.3 Å². The van der Waals surface area contributed by atoms with E-state index in [1.807, 2.05) is 48.5 Å². The van der Waals surface area contributed by atoms with Crippen LogP contribution in [0.1, 0.15) is 5.56 Å². The highest BCUT2D eigenvalue weighted by atomic mass is 35.5. The van der Waals surface area contributed by atoms with Crippen molar-refractivity contribution in [2.24, 2.45) is 0 Å². The maximum absolute atomic E-state index is 10.2. The molecule has 1 N–H and O–H groups in total. The second-order valence-corrected chi connectivity index (χ2v) is 6.61. The molecule has 1 saturated heterocycles. The monoisotopic (exact) mass is 428 g/mol. The molecule has 2 aromatic rings.